The van der Waals surface area contributed by atoms with Crippen molar-refractivity contribution in [2.75, 3.05) is 33.2 Å². The van der Waals surface area contributed by atoms with Gasteiger partial charge in [0.05, 0.1) is 12.1 Å². The van der Waals surface area contributed by atoms with Gasteiger partial charge in [-0.05, 0) is 31.0 Å². The van der Waals surface area contributed by atoms with E-state index in [9.17, 15) is 9.59 Å². The minimum absolute atomic E-state index is 0.173. The molecule has 0 bridgehead atoms. The predicted octanol–water partition coefficient (Wildman–Crippen LogP) is 2.58. The summed E-state index contributed by atoms with van der Waals surface area (Å²) in [5.41, 5.74) is 3.26. The number of carbonyl (C=O) groups excluding carboxylic acids is 2. The van der Waals surface area contributed by atoms with Crippen molar-refractivity contribution in [1.82, 2.24) is 14.7 Å². The van der Waals surface area contributed by atoms with Gasteiger partial charge in [0, 0.05) is 31.1 Å². The number of hydrogen-bond donors (Lipinski definition) is 0. The average molecular weight is 382 g/mol. The van der Waals surface area contributed by atoms with Crippen LogP contribution in [0, 0.1) is 6.92 Å². The van der Waals surface area contributed by atoms with Crippen LogP contribution in [0.2, 0.25) is 0 Å². The van der Waals surface area contributed by atoms with Crippen LogP contribution in [0.4, 0.5) is 0 Å². The Bertz CT molecular complexity index is 879. The second-order valence-corrected chi connectivity index (χ2v) is 8.12. The van der Waals surface area contributed by atoms with E-state index in [0.717, 1.165) is 42.2 Å². The summed E-state index contributed by atoms with van der Waals surface area (Å²) in [5, 5.41) is 1.95. The molecule has 0 radical (unpaired) electrons. The quantitative estimate of drug-likeness (QED) is 0.764. The number of amides is 2. The van der Waals surface area contributed by atoms with Crippen molar-refractivity contribution in [2.24, 2.45) is 0 Å². The molecule has 0 spiro atoms. The van der Waals surface area contributed by atoms with Crippen molar-refractivity contribution < 1.29 is 9.59 Å². The van der Waals surface area contributed by atoms with Gasteiger partial charge in [-0.3, -0.25) is 14.5 Å². The molecule has 6 heteroatoms. The molecule has 3 heterocycles. The fourth-order valence-corrected chi connectivity index (χ4v) is 4.31. The molecule has 0 N–H and O–H groups in total. The molecule has 1 aromatic carbocycles. The van der Waals surface area contributed by atoms with E-state index in [4.69, 9.17) is 0 Å². The summed E-state index contributed by atoms with van der Waals surface area (Å²) in [5.74, 6) is -0.356. The number of imide groups is 1. The van der Waals surface area contributed by atoms with Crippen LogP contribution in [0.15, 0.2) is 47.5 Å². The number of hydrogen-bond acceptors (Lipinski definition) is 5. The molecule has 2 aliphatic heterocycles. The summed E-state index contributed by atoms with van der Waals surface area (Å²) in [4.78, 5) is 33.1. The van der Waals surface area contributed by atoms with Crippen molar-refractivity contribution in [3.63, 3.8) is 0 Å². The number of benzene rings is 1. The number of piperazine rings is 1. The Balaban J connectivity index is 1.67. The molecule has 0 aliphatic carbocycles. The van der Waals surface area contributed by atoms with Gasteiger partial charge in [0.1, 0.15) is 5.70 Å². The molecule has 1 aromatic heterocycles. The molecular formula is C21H23N3O2S. The van der Waals surface area contributed by atoms with Gasteiger partial charge in [-0.1, -0.05) is 35.9 Å². The molecular weight excluding hydrogens is 358 g/mol. The highest BCUT2D eigenvalue weighted by Gasteiger charge is 2.42. The summed E-state index contributed by atoms with van der Waals surface area (Å²) in [6.07, 6.45) is 0. The highest BCUT2D eigenvalue weighted by atomic mass is 32.1. The lowest BCUT2D eigenvalue weighted by Gasteiger charge is -2.34. The summed E-state index contributed by atoms with van der Waals surface area (Å²) in [6.45, 7) is 5.64. The number of nitrogens with zero attached hydrogens (tertiary/aromatic N) is 3. The molecule has 0 saturated carbocycles. The number of thiophene rings is 1. The van der Waals surface area contributed by atoms with Crippen LogP contribution in [0.3, 0.4) is 0 Å². The highest BCUT2D eigenvalue weighted by Crippen LogP contribution is 2.35. The Morgan fingerprint density at radius 2 is 1.67 bits per heavy atom. The number of aryl methyl sites for hydroxylation is 1. The number of carbonyl (C=O) groups is 2. The standard InChI is InChI=1S/C21H23N3O2S/c1-15-5-7-16(8-6-15)14-24-20(25)18(17-4-3-13-27-17)19(21(24)26)23-11-9-22(2)10-12-23/h3-8,13H,9-12,14H2,1-2H3. The maximum Gasteiger partial charge on any atom is 0.278 e. The van der Waals surface area contributed by atoms with Gasteiger partial charge in [0.25, 0.3) is 11.8 Å². The van der Waals surface area contributed by atoms with E-state index in [1.54, 1.807) is 0 Å². The number of likely N-dealkylation sites (N-methyl/N-ethyl adjacent to an activating group) is 1. The van der Waals surface area contributed by atoms with Gasteiger partial charge < -0.3 is 9.80 Å². The molecule has 1 fully saturated rings. The van der Waals surface area contributed by atoms with Crippen molar-refractivity contribution >= 4 is 28.7 Å². The Morgan fingerprint density at radius 3 is 2.30 bits per heavy atom. The van der Waals surface area contributed by atoms with E-state index in [0.29, 0.717) is 17.8 Å². The van der Waals surface area contributed by atoms with Crippen LogP contribution >= 0.6 is 11.3 Å². The Morgan fingerprint density at radius 1 is 0.963 bits per heavy atom. The zero-order valence-electron chi connectivity index (χ0n) is 15.6. The second kappa shape index (κ2) is 7.29. The van der Waals surface area contributed by atoms with E-state index in [-0.39, 0.29) is 11.8 Å². The van der Waals surface area contributed by atoms with Crippen molar-refractivity contribution in [2.45, 2.75) is 13.5 Å². The summed E-state index contributed by atoms with van der Waals surface area (Å²) >= 11 is 1.51. The van der Waals surface area contributed by atoms with Gasteiger partial charge in [0.15, 0.2) is 0 Å². The second-order valence-electron chi connectivity index (χ2n) is 7.17. The first kappa shape index (κ1) is 17.9. The Kier molecular flexibility index (Phi) is 4.85. The fourth-order valence-electron chi connectivity index (χ4n) is 3.55. The fraction of sp³-hybridized carbons (Fsp3) is 0.333. The molecule has 0 atom stereocenters. The molecule has 140 valence electrons. The maximum absolute atomic E-state index is 13.3. The monoisotopic (exact) mass is 381 g/mol. The van der Waals surface area contributed by atoms with Gasteiger partial charge in [-0.2, -0.15) is 0 Å². The van der Waals surface area contributed by atoms with E-state index >= 15 is 0 Å². The van der Waals surface area contributed by atoms with Crippen molar-refractivity contribution in [1.29, 1.82) is 0 Å². The largest absolute Gasteiger partial charge is 0.364 e. The van der Waals surface area contributed by atoms with E-state index in [1.807, 2.05) is 48.7 Å². The highest BCUT2D eigenvalue weighted by molar-refractivity contribution is 7.11. The van der Waals surface area contributed by atoms with Gasteiger partial charge in [0.2, 0.25) is 0 Å². The van der Waals surface area contributed by atoms with Gasteiger partial charge in [-0.25, -0.2) is 0 Å². The smallest absolute Gasteiger partial charge is 0.278 e. The molecule has 1 saturated heterocycles. The van der Waals surface area contributed by atoms with Crippen molar-refractivity contribution in [3.05, 3.63) is 63.5 Å². The van der Waals surface area contributed by atoms with Crippen LogP contribution in [-0.2, 0) is 16.1 Å². The van der Waals surface area contributed by atoms with Crippen LogP contribution in [0.1, 0.15) is 16.0 Å². The molecule has 2 aromatic rings. The van der Waals surface area contributed by atoms with Gasteiger partial charge >= 0.3 is 0 Å². The summed E-state index contributed by atoms with van der Waals surface area (Å²) in [6, 6.07) is 11.8. The third-order valence-corrected chi connectivity index (χ3v) is 6.08. The lowest BCUT2D eigenvalue weighted by Crippen LogP contribution is -2.46. The topological polar surface area (TPSA) is 43.9 Å². The lowest BCUT2D eigenvalue weighted by molar-refractivity contribution is -0.138. The predicted molar refractivity (Wildman–Crippen MR) is 107 cm³/mol. The molecule has 0 unspecified atom stereocenters. The van der Waals surface area contributed by atoms with Crippen LogP contribution < -0.4 is 0 Å². The molecule has 4 rings (SSSR count). The van der Waals surface area contributed by atoms with E-state index in [2.05, 4.69) is 16.8 Å². The third-order valence-electron chi connectivity index (χ3n) is 5.19. The molecule has 2 aliphatic rings. The normalized spacial score (nSPS) is 18.7. The summed E-state index contributed by atoms with van der Waals surface area (Å²) in [7, 11) is 2.08. The molecule has 2 amide bonds. The minimum Gasteiger partial charge on any atom is -0.364 e. The molecule has 5 nitrogen and oxygen atoms in total. The first-order chi connectivity index (χ1) is 13.0. The number of rotatable bonds is 4. The van der Waals surface area contributed by atoms with E-state index in [1.165, 1.54) is 16.2 Å². The Hall–Kier alpha value is -2.44. The summed E-state index contributed by atoms with van der Waals surface area (Å²) < 4.78 is 0. The Labute approximate surface area is 163 Å². The van der Waals surface area contributed by atoms with Gasteiger partial charge in [-0.15, -0.1) is 11.3 Å². The lowest BCUT2D eigenvalue weighted by atomic mass is 10.1. The SMILES string of the molecule is Cc1ccc(CN2C(=O)C(c3cccs3)=C(N3CCN(C)CC3)C2=O)cc1. The molecule has 27 heavy (non-hydrogen) atoms. The zero-order valence-corrected chi connectivity index (χ0v) is 16.5. The van der Waals surface area contributed by atoms with Crippen LogP contribution in [-0.4, -0.2) is 59.7 Å². The maximum atomic E-state index is 13.3. The minimum atomic E-state index is -0.183. The third kappa shape index (κ3) is 3.42. The first-order valence-corrected chi connectivity index (χ1v) is 10.1. The van der Waals surface area contributed by atoms with Crippen LogP contribution in [0.25, 0.3) is 5.57 Å². The zero-order chi connectivity index (χ0) is 19.0. The first-order valence-electron chi connectivity index (χ1n) is 9.18. The average Bonchev–Trinajstić information content (AvgIpc) is 3.26. The van der Waals surface area contributed by atoms with Crippen molar-refractivity contribution in [3.8, 4) is 0 Å². The van der Waals surface area contributed by atoms with Crippen LogP contribution in [0.5, 0.6) is 0 Å². The van der Waals surface area contributed by atoms with E-state index < -0.39 is 0 Å².